The minimum Gasteiger partial charge on any atom is -0.660 e. The molecule has 0 radical (unpaired) electrons. The molecule has 0 aliphatic carbocycles. The topological polar surface area (TPSA) is 131 Å². The van der Waals surface area contributed by atoms with Gasteiger partial charge in [-0.25, -0.2) is 0 Å². The first-order valence-electron chi connectivity index (χ1n) is 6.54. The van der Waals surface area contributed by atoms with Gasteiger partial charge < -0.3 is 49.1 Å². The summed E-state index contributed by atoms with van der Waals surface area (Å²) in [6.07, 6.45) is 0. The van der Waals surface area contributed by atoms with Gasteiger partial charge >= 0.3 is 21.7 Å². The zero-order chi connectivity index (χ0) is 16.5. The van der Waals surface area contributed by atoms with Gasteiger partial charge in [-0.05, 0) is 13.1 Å². The van der Waals surface area contributed by atoms with Crippen LogP contribution in [0, 0.1) is 7.43 Å². The SMILES string of the molecule is C1CNCCNCCNCC[N-]1.CO.CO.CO.CO.Cl.[CH3-].[Ti+2]. The Kier molecular flexibility index (Phi) is 126. The van der Waals surface area contributed by atoms with Crippen LogP contribution in [0.5, 0.6) is 0 Å². The molecule has 0 bridgehead atoms. The number of nitrogens with one attached hydrogen (secondary N) is 3. The van der Waals surface area contributed by atoms with Gasteiger partial charge in [0.05, 0.1) is 0 Å². The van der Waals surface area contributed by atoms with E-state index in [1.165, 1.54) is 0 Å². The Balaban J connectivity index is -0.0000000410. The van der Waals surface area contributed by atoms with E-state index < -0.39 is 0 Å². The van der Waals surface area contributed by atoms with Gasteiger partial charge in [0.1, 0.15) is 0 Å². The molecular weight excluding hydrogens is 359 g/mol. The standard InChI is InChI=1S/C8H19N4.4CH4O.CH3.ClH.Ti/c1-2-10-5-6-12-8-7-11-4-3-9-1;4*1-2;;;/h9-11H,1-8H2;4*2H,1H3;1H3;1H;/q-1;;;;;-1;;+2. The smallest absolute Gasteiger partial charge is 0.660 e. The van der Waals surface area contributed by atoms with Gasteiger partial charge in [-0.15, -0.1) is 25.5 Å². The van der Waals surface area contributed by atoms with E-state index in [1.807, 2.05) is 0 Å². The molecule has 1 aliphatic heterocycles. The van der Waals surface area contributed by atoms with Crippen molar-refractivity contribution in [2.75, 3.05) is 80.8 Å². The van der Waals surface area contributed by atoms with Gasteiger partial charge in [0.15, 0.2) is 0 Å². The molecular formula is C13H39ClN4O4Ti. The fourth-order valence-corrected chi connectivity index (χ4v) is 1.16. The van der Waals surface area contributed by atoms with Crippen LogP contribution in [-0.4, -0.2) is 101 Å². The number of nitrogens with zero attached hydrogens (tertiary/aromatic N) is 1. The van der Waals surface area contributed by atoms with Gasteiger partial charge in [0.25, 0.3) is 0 Å². The first-order valence-corrected chi connectivity index (χ1v) is 6.54. The molecule has 8 nitrogen and oxygen atoms in total. The molecule has 1 fully saturated rings. The molecule has 0 aromatic rings. The van der Waals surface area contributed by atoms with E-state index >= 15 is 0 Å². The summed E-state index contributed by atoms with van der Waals surface area (Å²) >= 11 is 0. The molecule has 0 atom stereocenters. The second-order valence-electron chi connectivity index (χ2n) is 2.92. The fourth-order valence-electron chi connectivity index (χ4n) is 1.16. The van der Waals surface area contributed by atoms with Crippen molar-refractivity contribution in [3.63, 3.8) is 0 Å². The average Bonchev–Trinajstić information content (AvgIpc) is 2.56. The first kappa shape index (κ1) is 43.8. The minimum atomic E-state index is 0. The number of halogens is 1. The molecule has 1 saturated heterocycles. The average molecular weight is 399 g/mol. The predicted octanol–water partition coefficient (Wildman–Crippen LogP) is -1.55. The summed E-state index contributed by atoms with van der Waals surface area (Å²) in [5, 5.41) is 42.4. The number of rotatable bonds is 0. The molecule has 0 aromatic heterocycles. The molecule has 146 valence electrons. The Labute approximate surface area is 164 Å². The molecule has 23 heavy (non-hydrogen) atoms. The van der Waals surface area contributed by atoms with Crippen LogP contribution in [0.4, 0.5) is 0 Å². The van der Waals surface area contributed by atoms with Crippen molar-refractivity contribution in [3.8, 4) is 0 Å². The van der Waals surface area contributed by atoms with Crippen molar-refractivity contribution < 1.29 is 42.1 Å². The van der Waals surface area contributed by atoms with E-state index in [9.17, 15) is 0 Å². The maximum Gasteiger partial charge on any atom is 2.00 e. The Morgan fingerprint density at radius 3 is 1.04 bits per heavy atom. The Morgan fingerprint density at radius 2 is 0.783 bits per heavy atom. The van der Waals surface area contributed by atoms with Gasteiger partial charge in [0.2, 0.25) is 0 Å². The zero-order valence-electron chi connectivity index (χ0n) is 15.3. The number of aliphatic hydroxyl groups excluding tert-OH is 4. The summed E-state index contributed by atoms with van der Waals surface area (Å²) in [5.41, 5.74) is 0. The normalized spacial score (nSPS) is 13.6. The molecule has 1 aliphatic rings. The van der Waals surface area contributed by atoms with Crippen molar-refractivity contribution >= 4 is 12.4 Å². The molecule has 10 heteroatoms. The summed E-state index contributed by atoms with van der Waals surface area (Å²) in [6, 6.07) is 0. The zero-order valence-corrected chi connectivity index (χ0v) is 17.7. The summed E-state index contributed by atoms with van der Waals surface area (Å²) in [7, 11) is 4.00. The van der Waals surface area contributed by atoms with Crippen LogP contribution in [0.2, 0.25) is 0 Å². The van der Waals surface area contributed by atoms with Crippen LogP contribution < -0.4 is 16.0 Å². The molecule has 0 unspecified atom stereocenters. The molecule has 7 N–H and O–H groups in total. The fraction of sp³-hybridized carbons (Fsp3) is 0.923. The van der Waals surface area contributed by atoms with E-state index in [2.05, 4.69) is 21.3 Å². The van der Waals surface area contributed by atoms with Crippen LogP contribution in [0.25, 0.3) is 5.32 Å². The third-order valence-corrected chi connectivity index (χ3v) is 1.85. The second kappa shape index (κ2) is 66.3. The van der Waals surface area contributed by atoms with Gasteiger partial charge in [-0.1, -0.05) is 0 Å². The Hall–Kier alpha value is 0.684. The molecule has 0 aromatic carbocycles. The van der Waals surface area contributed by atoms with Crippen LogP contribution >= 0.6 is 12.4 Å². The quantitative estimate of drug-likeness (QED) is 0.194. The maximum absolute atomic E-state index is 7.00. The van der Waals surface area contributed by atoms with Crippen LogP contribution in [0.15, 0.2) is 0 Å². The monoisotopic (exact) mass is 398 g/mol. The van der Waals surface area contributed by atoms with E-state index in [0.29, 0.717) is 0 Å². The molecule has 1 heterocycles. The van der Waals surface area contributed by atoms with E-state index in [-0.39, 0.29) is 41.6 Å². The summed E-state index contributed by atoms with van der Waals surface area (Å²) in [5.74, 6) is 0. The van der Waals surface area contributed by atoms with E-state index in [1.54, 1.807) is 0 Å². The predicted molar refractivity (Wildman–Crippen MR) is 97.9 cm³/mol. The van der Waals surface area contributed by atoms with Gasteiger partial charge in [-0.2, -0.15) is 0 Å². The van der Waals surface area contributed by atoms with Crippen molar-refractivity contribution in [3.05, 3.63) is 12.7 Å². The van der Waals surface area contributed by atoms with Crippen LogP contribution in [-0.2, 0) is 21.7 Å². The van der Waals surface area contributed by atoms with E-state index in [4.69, 9.17) is 20.4 Å². The Morgan fingerprint density at radius 1 is 0.565 bits per heavy atom. The summed E-state index contributed by atoms with van der Waals surface area (Å²) < 4.78 is 0. The van der Waals surface area contributed by atoms with E-state index in [0.717, 1.165) is 80.8 Å². The molecule has 0 saturated carbocycles. The second-order valence-corrected chi connectivity index (χ2v) is 2.92. The number of hydrogen-bond acceptors (Lipinski definition) is 7. The number of aliphatic hydroxyl groups is 4. The summed E-state index contributed by atoms with van der Waals surface area (Å²) in [4.78, 5) is 0. The van der Waals surface area contributed by atoms with Gasteiger partial charge in [-0.3, -0.25) is 0 Å². The van der Waals surface area contributed by atoms with Crippen molar-refractivity contribution in [2.24, 2.45) is 0 Å². The third-order valence-electron chi connectivity index (χ3n) is 1.85. The minimum absolute atomic E-state index is 0. The largest absolute Gasteiger partial charge is 2.00 e. The van der Waals surface area contributed by atoms with Crippen LogP contribution in [0.3, 0.4) is 0 Å². The van der Waals surface area contributed by atoms with Crippen molar-refractivity contribution in [1.82, 2.24) is 16.0 Å². The maximum atomic E-state index is 7.00. The van der Waals surface area contributed by atoms with Gasteiger partial charge in [0, 0.05) is 54.6 Å². The molecule has 0 amide bonds. The summed E-state index contributed by atoms with van der Waals surface area (Å²) in [6.45, 7) is 8.14. The molecule has 0 spiro atoms. The first-order chi connectivity index (χ1) is 10.0. The van der Waals surface area contributed by atoms with Crippen molar-refractivity contribution in [1.29, 1.82) is 0 Å². The Bertz CT molecular complexity index is 83.0. The van der Waals surface area contributed by atoms with Crippen LogP contribution in [0.1, 0.15) is 0 Å². The van der Waals surface area contributed by atoms with Crippen molar-refractivity contribution in [2.45, 2.75) is 0 Å². The molecule has 1 rings (SSSR count). The number of hydrogen-bond donors (Lipinski definition) is 7. The third kappa shape index (κ3) is 60.3.